The number of Topliss-reactive ketones (excluding diaryl/α,β-unsaturated/α-hetero) is 1. The molecule has 0 spiro atoms. The van der Waals surface area contributed by atoms with Crippen LogP contribution in [0.4, 0.5) is 0 Å². The molecule has 1 heterocycles. The van der Waals surface area contributed by atoms with Gasteiger partial charge in [0.2, 0.25) is 0 Å². The minimum Gasteiger partial charge on any atom is -0.466 e. The maximum atomic E-state index is 12.6. The highest BCUT2D eigenvalue weighted by Gasteiger charge is 2.57. The number of aryl methyl sites for hydroxylation is 1. The van der Waals surface area contributed by atoms with Gasteiger partial charge >= 0.3 is 11.9 Å². The van der Waals surface area contributed by atoms with E-state index in [2.05, 4.69) is 0 Å². The zero-order valence-electron chi connectivity index (χ0n) is 14.9. The second kappa shape index (κ2) is 7.66. The molecule has 0 radical (unpaired) electrons. The first-order valence-electron chi connectivity index (χ1n) is 8.37. The van der Waals surface area contributed by atoms with Crippen LogP contribution in [0.1, 0.15) is 42.9 Å². The first-order valence-corrected chi connectivity index (χ1v) is 9.19. The molecule has 25 heavy (non-hydrogen) atoms. The second-order valence-electron chi connectivity index (χ2n) is 6.43. The number of rotatable bonds is 5. The van der Waals surface area contributed by atoms with E-state index < -0.39 is 41.1 Å². The van der Waals surface area contributed by atoms with Gasteiger partial charge in [-0.15, -0.1) is 11.3 Å². The van der Waals surface area contributed by atoms with Gasteiger partial charge in [-0.2, -0.15) is 0 Å². The van der Waals surface area contributed by atoms with Gasteiger partial charge < -0.3 is 14.6 Å². The fourth-order valence-corrected chi connectivity index (χ4v) is 4.51. The quantitative estimate of drug-likeness (QED) is 0.633. The Morgan fingerprint density at radius 2 is 1.84 bits per heavy atom. The summed E-state index contributed by atoms with van der Waals surface area (Å²) in [5.41, 5.74) is -1.59. The van der Waals surface area contributed by atoms with E-state index in [1.165, 1.54) is 18.3 Å². The number of aliphatic hydroxyl groups is 1. The predicted octanol–water partition coefficient (Wildman–Crippen LogP) is 2.22. The molecule has 0 aliphatic heterocycles. The van der Waals surface area contributed by atoms with Crippen LogP contribution in [0.2, 0.25) is 0 Å². The summed E-state index contributed by atoms with van der Waals surface area (Å²) in [7, 11) is 0. The second-order valence-corrected chi connectivity index (χ2v) is 7.75. The maximum absolute atomic E-state index is 12.6. The van der Waals surface area contributed by atoms with E-state index in [1.54, 1.807) is 19.9 Å². The first-order chi connectivity index (χ1) is 11.7. The molecule has 0 saturated heterocycles. The van der Waals surface area contributed by atoms with Gasteiger partial charge in [-0.25, -0.2) is 0 Å². The van der Waals surface area contributed by atoms with Crippen molar-refractivity contribution in [3.05, 3.63) is 21.9 Å². The van der Waals surface area contributed by atoms with Crippen molar-refractivity contribution >= 4 is 29.1 Å². The number of ketones is 1. The Labute approximate surface area is 151 Å². The maximum Gasteiger partial charge on any atom is 0.317 e. The Kier molecular flexibility index (Phi) is 6.00. The lowest BCUT2D eigenvalue weighted by Gasteiger charge is -2.43. The van der Waals surface area contributed by atoms with Gasteiger partial charge in [-0.1, -0.05) is 0 Å². The number of ether oxygens (including phenoxy) is 2. The van der Waals surface area contributed by atoms with E-state index >= 15 is 0 Å². The van der Waals surface area contributed by atoms with Crippen molar-refractivity contribution in [3.8, 4) is 0 Å². The molecule has 0 aromatic carbocycles. The summed E-state index contributed by atoms with van der Waals surface area (Å²) in [4.78, 5) is 39.4. The lowest BCUT2D eigenvalue weighted by Crippen LogP contribution is -2.55. The normalized spacial score (nSPS) is 29.3. The van der Waals surface area contributed by atoms with Crippen LogP contribution < -0.4 is 0 Å². The van der Waals surface area contributed by atoms with Crippen LogP contribution in [-0.2, 0) is 23.9 Å². The molecular formula is C18H24O6S. The van der Waals surface area contributed by atoms with E-state index in [1.807, 2.05) is 13.0 Å². The molecule has 1 aliphatic carbocycles. The minimum absolute atomic E-state index is 0.138. The van der Waals surface area contributed by atoms with Crippen molar-refractivity contribution in [1.29, 1.82) is 0 Å². The average molecular weight is 368 g/mol. The van der Waals surface area contributed by atoms with Gasteiger partial charge in [0, 0.05) is 22.1 Å². The van der Waals surface area contributed by atoms with Crippen molar-refractivity contribution in [2.24, 2.45) is 11.8 Å². The number of thiophene rings is 1. The highest BCUT2D eigenvalue weighted by Crippen LogP contribution is 2.48. The SMILES string of the molecule is CCOC(=O)[C@@H]1C(=O)C[C@](C)(O)[C@H](C(=O)OCC)[C@@H]1c1ccc(C)s1. The standard InChI is InChI=1S/C18H24O6S/c1-5-23-16(20)13-11(19)9-18(4,22)15(17(21)24-6-2)14(13)12-8-7-10(3)25-12/h7-8,13-15,22H,5-6,9H2,1-4H3/t13-,14-,15+,18+/m1/s1. The monoisotopic (exact) mass is 368 g/mol. The molecule has 0 amide bonds. The van der Waals surface area contributed by atoms with E-state index in [4.69, 9.17) is 9.47 Å². The number of hydrogen-bond donors (Lipinski definition) is 1. The van der Waals surface area contributed by atoms with Crippen LogP contribution >= 0.6 is 11.3 Å². The Balaban J connectivity index is 2.56. The molecule has 0 unspecified atom stereocenters. The van der Waals surface area contributed by atoms with Crippen LogP contribution in [0.5, 0.6) is 0 Å². The smallest absolute Gasteiger partial charge is 0.317 e. The molecule has 1 saturated carbocycles. The fraction of sp³-hybridized carbons (Fsp3) is 0.611. The third kappa shape index (κ3) is 3.93. The molecule has 1 aromatic rings. The first kappa shape index (κ1) is 19.6. The molecule has 0 bridgehead atoms. The third-order valence-electron chi connectivity index (χ3n) is 4.44. The Hall–Kier alpha value is -1.73. The van der Waals surface area contributed by atoms with Crippen molar-refractivity contribution in [3.63, 3.8) is 0 Å². The highest BCUT2D eigenvalue weighted by atomic mass is 32.1. The minimum atomic E-state index is -1.59. The molecule has 4 atom stereocenters. The van der Waals surface area contributed by atoms with E-state index in [-0.39, 0.29) is 19.6 Å². The molecule has 1 aromatic heterocycles. The van der Waals surface area contributed by atoms with Gasteiger partial charge in [0.15, 0.2) is 5.78 Å². The third-order valence-corrected chi connectivity index (χ3v) is 5.54. The summed E-state index contributed by atoms with van der Waals surface area (Å²) in [5.74, 6) is -4.61. The Bertz CT molecular complexity index is 662. The van der Waals surface area contributed by atoms with E-state index in [0.717, 1.165) is 4.88 Å². The zero-order valence-corrected chi connectivity index (χ0v) is 15.7. The molecule has 1 aliphatic rings. The van der Waals surface area contributed by atoms with Gasteiger partial charge in [-0.05, 0) is 39.8 Å². The van der Waals surface area contributed by atoms with Crippen molar-refractivity contribution in [2.75, 3.05) is 13.2 Å². The summed E-state index contributed by atoms with van der Waals surface area (Å²) < 4.78 is 10.2. The summed E-state index contributed by atoms with van der Waals surface area (Å²) in [6.07, 6.45) is -0.291. The summed E-state index contributed by atoms with van der Waals surface area (Å²) in [5, 5.41) is 10.8. The Morgan fingerprint density at radius 3 is 2.36 bits per heavy atom. The predicted molar refractivity (Wildman–Crippen MR) is 92.3 cm³/mol. The zero-order chi connectivity index (χ0) is 18.8. The van der Waals surface area contributed by atoms with Crippen LogP contribution in [0.3, 0.4) is 0 Å². The number of carbonyl (C=O) groups excluding carboxylic acids is 3. The van der Waals surface area contributed by atoms with Crippen LogP contribution in [-0.4, -0.2) is 41.6 Å². The fourth-order valence-electron chi connectivity index (χ4n) is 3.46. The van der Waals surface area contributed by atoms with Gasteiger partial charge in [0.25, 0.3) is 0 Å². The number of carbonyl (C=O) groups is 3. The largest absolute Gasteiger partial charge is 0.466 e. The summed E-state index contributed by atoms with van der Waals surface area (Å²) in [6, 6.07) is 3.65. The van der Waals surface area contributed by atoms with E-state index in [9.17, 15) is 19.5 Å². The van der Waals surface area contributed by atoms with Gasteiger partial charge in [0.1, 0.15) is 5.92 Å². The average Bonchev–Trinajstić information content (AvgIpc) is 2.92. The number of hydrogen-bond acceptors (Lipinski definition) is 7. The molecule has 2 rings (SSSR count). The van der Waals surface area contributed by atoms with E-state index in [0.29, 0.717) is 4.88 Å². The lowest BCUT2D eigenvalue weighted by molar-refractivity contribution is -0.172. The lowest BCUT2D eigenvalue weighted by atomic mass is 9.63. The molecule has 138 valence electrons. The summed E-state index contributed by atoms with van der Waals surface area (Å²) >= 11 is 1.40. The molecule has 6 nitrogen and oxygen atoms in total. The topological polar surface area (TPSA) is 89.9 Å². The van der Waals surface area contributed by atoms with Gasteiger partial charge in [0.05, 0.1) is 24.7 Å². The molecule has 1 fully saturated rings. The summed E-state index contributed by atoms with van der Waals surface area (Å²) in [6.45, 7) is 6.97. The van der Waals surface area contributed by atoms with Crippen LogP contribution in [0.15, 0.2) is 12.1 Å². The van der Waals surface area contributed by atoms with Crippen LogP contribution in [0.25, 0.3) is 0 Å². The molecule has 1 N–H and O–H groups in total. The highest BCUT2D eigenvalue weighted by molar-refractivity contribution is 7.12. The molecular weight excluding hydrogens is 344 g/mol. The van der Waals surface area contributed by atoms with Crippen molar-refractivity contribution in [2.45, 2.75) is 45.6 Å². The van der Waals surface area contributed by atoms with Crippen molar-refractivity contribution in [1.82, 2.24) is 0 Å². The van der Waals surface area contributed by atoms with Gasteiger partial charge in [-0.3, -0.25) is 14.4 Å². The van der Waals surface area contributed by atoms with Crippen molar-refractivity contribution < 1.29 is 29.0 Å². The number of esters is 2. The molecule has 7 heteroatoms. The van der Waals surface area contributed by atoms with Crippen LogP contribution in [0, 0.1) is 18.8 Å². The Morgan fingerprint density at radius 1 is 1.24 bits per heavy atom.